The van der Waals surface area contributed by atoms with Gasteiger partial charge >= 0.3 is 0 Å². The van der Waals surface area contributed by atoms with Crippen LogP contribution in [-0.2, 0) is 16.0 Å². The minimum atomic E-state index is 0.172. The Morgan fingerprint density at radius 3 is 2.79 bits per heavy atom. The van der Waals surface area contributed by atoms with Gasteiger partial charge < -0.3 is 4.74 Å². The topological polar surface area (TPSA) is 26.3 Å². The second-order valence-corrected chi connectivity index (χ2v) is 3.69. The molecular weight excluding hydrogens is 176 g/mol. The predicted molar refractivity (Wildman–Crippen MR) is 54.1 cm³/mol. The quantitative estimate of drug-likeness (QED) is 0.711. The Balaban J connectivity index is 2.00. The largest absolute Gasteiger partial charge is 0.374 e. The van der Waals surface area contributed by atoms with E-state index in [9.17, 15) is 4.79 Å². The highest BCUT2D eigenvalue weighted by atomic mass is 16.5. The minimum absolute atomic E-state index is 0.172. The van der Waals surface area contributed by atoms with Crippen molar-refractivity contribution in [3.8, 4) is 0 Å². The fraction of sp³-hybridized carbons (Fsp3) is 0.417. The summed E-state index contributed by atoms with van der Waals surface area (Å²) >= 11 is 0. The van der Waals surface area contributed by atoms with Crippen molar-refractivity contribution in [2.45, 2.75) is 12.8 Å². The van der Waals surface area contributed by atoms with Crippen molar-refractivity contribution in [2.75, 3.05) is 13.2 Å². The van der Waals surface area contributed by atoms with Gasteiger partial charge in [-0.3, -0.25) is 4.79 Å². The van der Waals surface area contributed by atoms with Crippen LogP contribution in [0.4, 0.5) is 0 Å². The Morgan fingerprint density at radius 2 is 2.07 bits per heavy atom. The first-order valence-electron chi connectivity index (χ1n) is 5.00. The second kappa shape index (κ2) is 4.38. The Labute approximate surface area is 83.9 Å². The van der Waals surface area contributed by atoms with E-state index in [1.54, 1.807) is 0 Å². The summed E-state index contributed by atoms with van der Waals surface area (Å²) in [5, 5.41) is 0. The number of ketones is 1. The molecule has 0 N–H and O–H groups in total. The number of hydrogen-bond donors (Lipinski definition) is 0. The van der Waals surface area contributed by atoms with Gasteiger partial charge in [-0.25, -0.2) is 0 Å². The molecule has 1 aliphatic heterocycles. The average molecular weight is 190 g/mol. The summed E-state index contributed by atoms with van der Waals surface area (Å²) in [6.07, 6.45) is 1.73. The molecule has 0 aromatic heterocycles. The van der Waals surface area contributed by atoms with E-state index in [0.29, 0.717) is 6.61 Å². The number of ether oxygens (including phenoxy) is 1. The number of Topliss-reactive ketones (excluding diaryl/α,β-unsaturated/α-hetero) is 1. The van der Waals surface area contributed by atoms with Crippen LogP contribution < -0.4 is 0 Å². The molecule has 1 aliphatic rings. The van der Waals surface area contributed by atoms with Crippen LogP contribution in [0.1, 0.15) is 12.0 Å². The minimum Gasteiger partial charge on any atom is -0.374 e. The summed E-state index contributed by atoms with van der Waals surface area (Å²) in [6.45, 7) is 1.03. The summed E-state index contributed by atoms with van der Waals surface area (Å²) in [7, 11) is 0. The van der Waals surface area contributed by atoms with Crippen LogP contribution in [0.15, 0.2) is 30.3 Å². The Hall–Kier alpha value is -1.15. The molecule has 1 heterocycles. The smallest absolute Gasteiger partial charge is 0.161 e. The highest BCUT2D eigenvalue weighted by Gasteiger charge is 2.22. The predicted octanol–water partition coefficient (Wildman–Crippen LogP) is 1.83. The van der Waals surface area contributed by atoms with Crippen molar-refractivity contribution in [3.05, 3.63) is 35.9 Å². The van der Waals surface area contributed by atoms with E-state index in [4.69, 9.17) is 4.74 Å². The third-order valence-corrected chi connectivity index (χ3v) is 2.64. The fourth-order valence-electron chi connectivity index (χ4n) is 1.79. The molecule has 74 valence electrons. The highest BCUT2D eigenvalue weighted by Crippen LogP contribution is 2.17. The normalized spacial score (nSPS) is 22.3. The zero-order valence-corrected chi connectivity index (χ0v) is 8.11. The molecule has 0 aliphatic carbocycles. The average Bonchev–Trinajstić information content (AvgIpc) is 2.23. The van der Waals surface area contributed by atoms with Gasteiger partial charge in [0.1, 0.15) is 6.61 Å². The van der Waals surface area contributed by atoms with Crippen molar-refractivity contribution in [3.63, 3.8) is 0 Å². The maximum Gasteiger partial charge on any atom is 0.161 e. The second-order valence-electron chi connectivity index (χ2n) is 3.69. The summed E-state index contributed by atoms with van der Waals surface area (Å²) in [6, 6.07) is 10.2. The molecule has 2 nitrogen and oxygen atoms in total. The third kappa shape index (κ3) is 2.20. The lowest BCUT2D eigenvalue weighted by molar-refractivity contribution is -0.132. The van der Waals surface area contributed by atoms with E-state index in [-0.39, 0.29) is 11.7 Å². The zero-order valence-electron chi connectivity index (χ0n) is 8.11. The molecule has 0 radical (unpaired) electrons. The molecule has 0 spiro atoms. The molecule has 2 heteroatoms. The lowest BCUT2D eigenvalue weighted by Crippen LogP contribution is -2.28. The van der Waals surface area contributed by atoms with Crippen LogP contribution in [0.5, 0.6) is 0 Å². The molecule has 1 saturated heterocycles. The van der Waals surface area contributed by atoms with Crippen molar-refractivity contribution >= 4 is 5.78 Å². The van der Waals surface area contributed by atoms with Crippen LogP contribution in [0.3, 0.4) is 0 Å². The van der Waals surface area contributed by atoms with Gasteiger partial charge in [0.2, 0.25) is 0 Å². The maximum atomic E-state index is 11.5. The molecule has 1 atom stereocenters. The van der Waals surface area contributed by atoms with Crippen LogP contribution >= 0.6 is 0 Å². The van der Waals surface area contributed by atoms with Gasteiger partial charge in [0.25, 0.3) is 0 Å². The number of hydrogen-bond acceptors (Lipinski definition) is 2. The van der Waals surface area contributed by atoms with Gasteiger partial charge in [0.05, 0.1) is 0 Å². The monoisotopic (exact) mass is 190 g/mol. The van der Waals surface area contributed by atoms with Crippen LogP contribution in [0.2, 0.25) is 0 Å². The molecule has 1 aromatic rings. The van der Waals surface area contributed by atoms with Gasteiger partial charge in [-0.05, 0) is 18.4 Å². The van der Waals surface area contributed by atoms with Crippen LogP contribution in [0.25, 0.3) is 0 Å². The summed E-state index contributed by atoms with van der Waals surface area (Å²) in [4.78, 5) is 11.5. The van der Waals surface area contributed by atoms with Crippen molar-refractivity contribution in [2.24, 2.45) is 5.92 Å². The Bertz CT molecular complexity index is 305. The zero-order chi connectivity index (χ0) is 9.80. The molecular formula is C12H14O2. The number of rotatable bonds is 2. The first kappa shape index (κ1) is 9.41. The molecule has 14 heavy (non-hydrogen) atoms. The van der Waals surface area contributed by atoms with Crippen molar-refractivity contribution < 1.29 is 9.53 Å². The van der Waals surface area contributed by atoms with E-state index >= 15 is 0 Å². The highest BCUT2D eigenvalue weighted by molar-refractivity contribution is 5.83. The number of carbonyl (C=O) groups excluding carboxylic acids is 1. The van der Waals surface area contributed by atoms with E-state index < -0.39 is 0 Å². The number of carbonyl (C=O) groups is 1. The third-order valence-electron chi connectivity index (χ3n) is 2.64. The molecule has 2 rings (SSSR count). The van der Waals surface area contributed by atoms with E-state index in [1.807, 2.05) is 18.2 Å². The molecule has 1 fully saturated rings. The SMILES string of the molecule is O=C1COCCC1Cc1ccccc1. The molecule has 0 bridgehead atoms. The van der Waals surface area contributed by atoms with E-state index in [1.165, 1.54) is 5.56 Å². The summed E-state index contributed by atoms with van der Waals surface area (Å²) in [5.41, 5.74) is 1.24. The fourth-order valence-corrected chi connectivity index (χ4v) is 1.79. The molecule has 1 aromatic carbocycles. The molecule has 0 amide bonds. The van der Waals surface area contributed by atoms with Crippen LogP contribution in [-0.4, -0.2) is 19.0 Å². The van der Waals surface area contributed by atoms with E-state index in [2.05, 4.69) is 12.1 Å². The number of benzene rings is 1. The summed E-state index contributed by atoms with van der Waals surface area (Å²) in [5.74, 6) is 0.422. The van der Waals surface area contributed by atoms with Gasteiger partial charge in [-0.15, -0.1) is 0 Å². The van der Waals surface area contributed by atoms with E-state index in [0.717, 1.165) is 19.4 Å². The van der Waals surface area contributed by atoms with Gasteiger partial charge in [-0.1, -0.05) is 30.3 Å². The van der Waals surface area contributed by atoms with Crippen molar-refractivity contribution in [1.29, 1.82) is 0 Å². The first-order valence-corrected chi connectivity index (χ1v) is 5.00. The summed E-state index contributed by atoms with van der Waals surface area (Å²) < 4.78 is 5.10. The standard InChI is InChI=1S/C12H14O2/c13-12-9-14-7-6-11(12)8-10-4-2-1-3-5-10/h1-5,11H,6-9H2. The van der Waals surface area contributed by atoms with Gasteiger partial charge in [0, 0.05) is 12.5 Å². The Kier molecular flexibility index (Phi) is 2.94. The van der Waals surface area contributed by atoms with Crippen LogP contribution in [0, 0.1) is 5.92 Å². The van der Waals surface area contributed by atoms with Gasteiger partial charge in [0.15, 0.2) is 5.78 Å². The lowest BCUT2D eigenvalue weighted by atomic mass is 9.91. The van der Waals surface area contributed by atoms with Crippen molar-refractivity contribution in [1.82, 2.24) is 0 Å². The first-order chi connectivity index (χ1) is 6.86. The molecule has 1 unspecified atom stereocenters. The lowest BCUT2D eigenvalue weighted by Gasteiger charge is -2.20. The Morgan fingerprint density at radius 1 is 1.29 bits per heavy atom. The molecule has 0 saturated carbocycles. The van der Waals surface area contributed by atoms with Gasteiger partial charge in [-0.2, -0.15) is 0 Å². The maximum absolute atomic E-state index is 11.5.